The Kier molecular flexibility index (Phi) is 11.9. The molecule has 0 amide bonds. The van der Waals surface area contributed by atoms with E-state index in [1.165, 1.54) is 0 Å². The fourth-order valence-corrected chi connectivity index (χ4v) is 3.48. The molecule has 2 aliphatic rings. The van der Waals surface area contributed by atoms with E-state index in [-0.39, 0.29) is 11.5 Å². The molecule has 2 saturated heterocycles. The highest BCUT2D eigenvalue weighted by molar-refractivity contribution is 4.70. The summed E-state index contributed by atoms with van der Waals surface area (Å²) in [6.45, 7) is 18.4. The standard InChI is InChI=1S/C21H42N2O5/c1-21(2,3)18-20-19-27-14-8-22-4-10-24-11-5-23(9-15-28-20)7-13-26-17-16-25-12-6-22/h20H,4-19H2,1-3H3. The van der Waals surface area contributed by atoms with Gasteiger partial charge in [0, 0.05) is 39.3 Å². The fourth-order valence-electron chi connectivity index (χ4n) is 3.48. The van der Waals surface area contributed by atoms with Gasteiger partial charge in [-0.25, -0.2) is 0 Å². The molecule has 0 radical (unpaired) electrons. The Bertz CT molecular complexity index is 391. The first-order chi connectivity index (χ1) is 13.5. The van der Waals surface area contributed by atoms with Crippen molar-refractivity contribution >= 4 is 0 Å². The highest BCUT2D eigenvalue weighted by Crippen LogP contribution is 2.22. The van der Waals surface area contributed by atoms with Crippen molar-refractivity contribution in [2.24, 2.45) is 5.41 Å². The lowest BCUT2D eigenvalue weighted by Gasteiger charge is -2.28. The van der Waals surface area contributed by atoms with E-state index in [9.17, 15) is 0 Å². The summed E-state index contributed by atoms with van der Waals surface area (Å²) < 4.78 is 29.6. The third-order valence-corrected chi connectivity index (χ3v) is 5.04. The first-order valence-corrected chi connectivity index (χ1v) is 10.9. The van der Waals surface area contributed by atoms with E-state index in [2.05, 4.69) is 30.6 Å². The van der Waals surface area contributed by atoms with Gasteiger partial charge < -0.3 is 23.7 Å². The van der Waals surface area contributed by atoms with Crippen molar-refractivity contribution in [3.05, 3.63) is 0 Å². The number of rotatable bonds is 1. The molecule has 28 heavy (non-hydrogen) atoms. The van der Waals surface area contributed by atoms with Gasteiger partial charge in [-0.2, -0.15) is 0 Å². The number of nitrogens with zero attached hydrogens (tertiary/aromatic N) is 2. The van der Waals surface area contributed by atoms with Crippen LogP contribution in [-0.2, 0) is 23.7 Å². The molecular formula is C21H42N2O5. The average Bonchev–Trinajstić information content (AvgIpc) is 2.64. The monoisotopic (exact) mass is 402 g/mol. The highest BCUT2D eigenvalue weighted by atomic mass is 16.5. The Morgan fingerprint density at radius 1 is 0.607 bits per heavy atom. The van der Waals surface area contributed by atoms with Crippen LogP contribution < -0.4 is 0 Å². The van der Waals surface area contributed by atoms with Crippen LogP contribution in [0.4, 0.5) is 0 Å². The van der Waals surface area contributed by atoms with E-state index in [4.69, 9.17) is 23.7 Å². The van der Waals surface area contributed by atoms with Crippen LogP contribution in [0, 0.1) is 5.41 Å². The summed E-state index contributed by atoms with van der Waals surface area (Å²) in [5.41, 5.74) is 0.221. The van der Waals surface area contributed by atoms with Gasteiger partial charge in [0.1, 0.15) is 0 Å². The van der Waals surface area contributed by atoms with Gasteiger partial charge >= 0.3 is 0 Å². The van der Waals surface area contributed by atoms with Crippen LogP contribution in [0.1, 0.15) is 27.2 Å². The summed E-state index contributed by atoms with van der Waals surface area (Å²) in [5, 5.41) is 0. The van der Waals surface area contributed by atoms with Crippen LogP contribution in [0.15, 0.2) is 0 Å². The second-order valence-corrected chi connectivity index (χ2v) is 8.85. The van der Waals surface area contributed by atoms with Crippen molar-refractivity contribution in [2.45, 2.75) is 33.3 Å². The first-order valence-electron chi connectivity index (χ1n) is 10.9. The van der Waals surface area contributed by atoms with E-state index in [0.717, 1.165) is 58.9 Å². The molecular weight excluding hydrogens is 360 g/mol. The Morgan fingerprint density at radius 2 is 1.04 bits per heavy atom. The molecule has 7 nitrogen and oxygen atoms in total. The molecule has 3 unspecified atom stereocenters. The number of ether oxygens (including phenoxy) is 5. The number of hydrogen-bond acceptors (Lipinski definition) is 7. The lowest BCUT2D eigenvalue weighted by molar-refractivity contribution is -0.0458. The molecule has 0 saturated carbocycles. The smallest absolute Gasteiger partial charge is 0.0814 e. The molecule has 0 aromatic rings. The van der Waals surface area contributed by atoms with Crippen LogP contribution in [0.5, 0.6) is 0 Å². The van der Waals surface area contributed by atoms with Crippen LogP contribution in [0.2, 0.25) is 0 Å². The van der Waals surface area contributed by atoms with Gasteiger partial charge in [0.15, 0.2) is 0 Å². The van der Waals surface area contributed by atoms with Gasteiger partial charge in [0.25, 0.3) is 0 Å². The molecule has 2 rings (SSSR count). The van der Waals surface area contributed by atoms with Crippen molar-refractivity contribution in [1.29, 1.82) is 0 Å². The first kappa shape index (κ1) is 24.0. The summed E-state index contributed by atoms with van der Waals surface area (Å²) >= 11 is 0. The average molecular weight is 403 g/mol. The van der Waals surface area contributed by atoms with Gasteiger partial charge in [-0.1, -0.05) is 20.8 Å². The second-order valence-electron chi connectivity index (χ2n) is 8.85. The maximum atomic E-state index is 6.23. The maximum Gasteiger partial charge on any atom is 0.0814 e. The van der Waals surface area contributed by atoms with Crippen molar-refractivity contribution in [3.63, 3.8) is 0 Å². The van der Waals surface area contributed by atoms with Gasteiger partial charge in [-0.15, -0.1) is 0 Å². The fraction of sp³-hybridized carbons (Fsp3) is 1.00. The SMILES string of the molecule is CC(C)(C)CC1COCCN2CCOCCOCCN(CCOCC2)CCO1. The van der Waals surface area contributed by atoms with Crippen LogP contribution in [0.3, 0.4) is 0 Å². The molecule has 0 spiro atoms. The highest BCUT2D eigenvalue weighted by Gasteiger charge is 2.20. The molecule has 2 bridgehead atoms. The summed E-state index contributed by atoms with van der Waals surface area (Å²) in [6, 6.07) is 0. The second kappa shape index (κ2) is 13.9. The lowest BCUT2D eigenvalue weighted by atomic mass is 9.89. The molecule has 0 aromatic heterocycles. The molecule has 2 heterocycles. The van der Waals surface area contributed by atoms with E-state index in [1.54, 1.807) is 0 Å². The Labute approximate surface area is 171 Å². The minimum Gasteiger partial charge on any atom is -0.379 e. The zero-order valence-corrected chi connectivity index (χ0v) is 18.3. The Balaban J connectivity index is 1.98. The molecule has 7 heteroatoms. The van der Waals surface area contributed by atoms with E-state index < -0.39 is 0 Å². The lowest BCUT2D eigenvalue weighted by Crippen LogP contribution is -2.36. The quantitative estimate of drug-likeness (QED) is 0.616. The van der Waals surface area contributed by atoms with Gasteiger partial charge in [-0.3, -0.25) is 9.80 Å². The Hall–Kier alpha value is -0.280. The summed E-state index contributed by atoms with van der Waals surface area (Å²) in [5.74, 6) is 0. The minimum absolute atomic E-state index is 0.134. The van der Waals surface area contributed by atoms with Crippen molar-refractivity contribution in [2.75, 3.05) is 98.7 Å². The zero-order valence-electron chi connectivity index (χ0n) is 18.3. The van der Waals surface area contributed by atoms with E-state index in [0.29, 0.717) is 46.2 Å². The van der Waals surface area contributed by atoms with Gasteiger partial charge in [0.05, 0.1) is 65.6 Å². The molecule has 166 valence electrons. The van der Waals surface area contributed by atoms with Crippen molar-refractivity contribution in [3.8, 4) is 0 Å². The molecule has 2 fully saturated rings. The third-order valence-electron chi connectivity index (χ3n) is 5.04. The molecule has 0 N–H and O–H groups in total. The van der Waals surface area contributed by atoms with Crippen LogP contribution in [-0.4, -0.2) is 115 Å². The van der Waals surface area contributed by atoms with Gasteiger partial charge in [-0.05, 0) is 11.8 Å². The van der Waals surface area contributed by atoms with Crippen molar-refractivity contribution in [1.82, 2.24) is 9.80 Å². The third kappa shape index (κ3) is 11.7. The van der Waals surface area contributed by atoms with Crippen molar-refractivity contribution < 1.29 is 23.7 Å². The summed E-state index contributed by atoms with van der Waals surface area (Å²) in [4.78, 5) is 4.73. The summed E-state index contributed by atoms with van der Waals surface area (Å²) in [7, 11) is 0. The normalized spacial score (nSPS) is 31.2. The predicted molar refractivity (Wildman–Crippen MR) is 110 cm³/mol. The maximum absolute atomic E-state index is 6.23. The summed E-state index contributed by atoms with van der Waals surface area (Å²) in [6.07, 6.45) is 1.13. The zero-order chi connectivity index (χ0) is 20.1. The van der Waals surface area contributed by atoms with E-state index in [1.807, 2.05) is 0 Å². The Morgan fingerprint density at radius 3 is 1.54 bits per heavy atom. The van der Waals surface area contributed by atoms with Crippen LogP contribution in [0.25, 0.3) is 0 Å². The molecule has 0 aliphatic carbocycles. The number of fused-ring (bicyclic) bond motifs is 6. The molecule has 3 atom stereocenters. The largest absolute Gasteiger partial charge is 0.379 e. The van der Waals surface area contributed by atoms with Gasteiger partial charge in [0.2, 0.25) is 0 Å². The number of hydrogen-bond donors (Lipinski definition) is 0. The molecule has 2 aliphatic heterocycles. The predicted octanol–water partition coefficient (Wildman–Crippen LogP) is 1.51. The van der Waals surface area contributed by atoms with E-state index >= 15 is 0 Å². The molecule has 0 aromatic carbocycles. The van der Waals surface area contributed by atoms with Crippen LogP contribution >= 0.6 is 0 Å². The topological polar surface area (TPSA) is 52.6 Å². The minimum atomic E-state index is 0.134.